The molecule has 0 bridgehead atoms. The topological polar surface area (TPSA) is 26.0 Å². The Kier molecular flexibility index (Phi) is 3.99. The minimum absolute atomic E-state index is 0.822. The van der Waals surface area contributed by atoms with Crippen LogP contribution in [0.3, 0.4) is 0 Å². The summed E-state index contributed by atoms with van der Waals surface area (Å²) in [4.78, 5) is 0. The third kappa shape index (κ3) is 3.19. The summed E-state index contributed by atoms with van der Waals surface area (Å²) < 4.78 is 0. The first-order valence-electron chi connectivity index (χ1n) is 2.53. The maximum absolute atomic E-state index is 5.36. The van der Waals surface area contributed by atoms with E-state index in [1.807, 2.05) is 30.3 Å². The molecule has 1 heteroatoms. The third-order valence-corrected chi connectivity index (χ3v) is 0.800. The Labute approximate surface area is 55.5 Å². The van der Waals surface area contributed by atoms with Crippen molar-refractivity contribution in [3.63, 3.8) is 0 Å². The lowest BCUT2D eigenvalue weighted by atomic mass is 10.3. The zero-order valence-electron chi connectivity index (χ0n) is 5.12. The van der Waals surface area contributed by atoms with Crippen molar-refractivity contribution in [3.8, 4) is 12.8 Å². The molecule has 9 heavy (non-hydrogen) atoms. The Morgan fingerprint density at radius 2 is 1.44 bits per heavy atom. The fourth-order valence-electron chi connectivity index (χ4n) is 0.453. The summed E-state index contributed by atoms with van der Waals surface area (Å²) in [6.07, 6.45) is 8.00. The zero-order valence-corrected chi connectivity index (χ0v) is 5.12. The van der Waals surface area contributed by atoms with Gasteiger partial charge in [-0.05, 0) is 12.1 Å². The summed E-state index contributed by atoms with van der Waals surface area (Å²) in [7, 11) is 0. The molecule has 1 rings (SSSR count). The molecule has 0 heterocycles. The zero-order chi connectivity index (χ0) is 7.11. The Balaban J connectivity index is 0.000000291. The van der Waals surface area contributed by atoms with Crippen molar-refractivity contribution >= 4 is 5.69 Å². The summed E-state index contributed by atoms with van der Waals surface area (Å²) in [5.74, 6) is 0. The quantitative estimate of drug-likeness (QED) is 0.406. The summed E-state index contributed by atoms with van der Waals surface area (Å²) in [6.45, 7) is 0. The molecule has 1 aromatic carbocycles. The van der Waals surface area contributed by atoms with Crippen LogP contribution in [0.4, 0.5) is 5.69 Å². The van der Waals surface area contributed by atoms with E-state index < -0.39 is 0 Å². The first kappa shape index (κ1) is 7.58. The van der Waals surface area contributed by atoms with Crippen molar-refractivity contribution in [2.24, 2.45) is 0 Å². The molecule has 0 amide bonds. The van der Waals surface area contributed by atoms with Gasteiger partial charge in [0.05, 0.1) is 0 Å². The molecule has 0 aromatic heterocycles. The lowest BCUT2D eigenvalue weighted by Gasteiger charge is -1.83. The third-order valence-electron chi connectivity index (χ3n) is 0.800. The minimum atomic E-state index is 0.822. The van der Waals surface area contributed by atoms with Crippen LogP contribution in [0.2, 0.25) is 0 Å². The maximum atomic E-state index is 5.36. The van der Waals surface area contributed by atoms with E-state index in [2.05, 4.69) is 12.8 Å². The highest BCUT2D eigenvalue weighted by Crippen LogP contribution is 1.95. The largest absolute Gasteiger partial charge is 0.399 e. The van der Waals surface area contributed by atoms with Crippen LogP contribution >= 0.6 is 0 Å². The van der Waals surface area contributed by atoms with E-state index in [4.69, 9.17) is 5.73 Å². The Morgan fingerprint density at radius 1 is 1.00 bits per heavy atom. The van der Waals surface area contributed by atoms with Gasteiger partial charge < -0.3 is 5.73 Å². The van der Waals surface area contributed by atoms with Gasteiger partial charge in [0.25, 0.3) is 0 Å². The number of rotatable bonds is 0. The number of para-hydroxylation sites is 1. The highest BCUT2D eigenvalue weighted by molar-refractivity contribution is 5.35. The summed E-state index contributed by atoms with van der Waals surface area (Å²) in [5.41, 5.74) is 6.18. The predicted molar refractivity (Wildman–Crippen MR) is 40.7 cm³/mol. The normalized spacial score (nSPS) is 6.89. The van der Waals surface area contributed by atoms with E-state index in [1.54, 1.807) is 0 Å². The summed E-state index contributed by atoms with van der Waals surface area (Å²) in [5, 5.41) is 0. The second-order valence-electron chi connectivity index (χ2n) is 1.41. The first-order chi connectivity index (χ1) is 4.39. The van der Waals surface area contributed by atoms with E-state index in [0.29, 0.717) is 0 Å². The molecule has 2 N–H and O–H groups in total. The molecule has 0 aliphatic heterocycles. The molecule has 0 fully saturated rings. The Hall–Kier alpha value is -1.42. The van der Waals surface area contributed by atoms with Crippen LogP contribution in [0.15, 0.2) is 30.3 Å². The number of benzene rings is 1. The maximum Gasteiger partial charge on any atom is 0.0313 e. The van der Waals surface area contributed by atoms with Crippen molar-refractivity contribution in [2.75, 3.05) is 5.73 Å². The molecular formula is C8H9N. The second-order valence-corrected chi connectivity index (χ2v) is 1.41. The van der Waals surface area contributed by atoms with E-state index in [0.717, 1.165) is 5.69 Å². The molecule has 0 atom stereocenters. The Morgan fingerprint density at radius 3 is 1.67 bits per heavy atom. The van der Waals surface area contributed by atoms with Gasteiger partial charge in [0, 0.05) is 5.69 Å². The molecule has 1 aromatic rings. The number of anilines is 1. The smallest absolute Gasteiger partial charge is 0.0313 e. The van der Waals surface area contributed by atoms with Crippen LogP contribution in [-0.4, -0.2) is 0 Å². The second kappa shape index (κ2) is 4.73. The van der Waals surface area contributed by atoms with Gasteiger partial charge in [0.15, 0.2) is 0 Å². The highest BCUT2D eigenvalue weighted by atomic mass is 14.5. The molecule has 0 saturated carbocycles. The van der Waals surface area contributed by atoms with Gasteiger partial charge in [-0.1, -0.05) is 18.2 Å². The molecular weight excluding hydrogens is 110 g/mol. The highest BCUT2D eigenvalue weighted by Gasteiger charge is 1.72. The fourth-order valence-corrected chi connectivity index (χ4v) is 0.453. The van der Waals surface area contributed by atoms with Gasteiger partial charge in [-0.15, -0.1) is 12.8 Å². The monoisotopic (exact) mass is 119 g/mol. The predicted octanol–water partition coefficient (Wildman–Crippen LogP) is 1.52. The summed E-state index contributed by atoms with van der Waals surface area (Å²) in [6, 6.07) is 9.49. The average Bonchev–Trinajstić information content (AvgIpc) is 1.94. The van der Waals surface area contributed by atoms with Crippen molar-refractivity contribution in [3.05, 3.63) is 30.3 Å². The standard InChI is InChI=1S/C6H7N.C2H2/c7-6-4-2-1-3-5-6;1-2/h1-5H,7H2;1-2H. The molecule has 46 valence electrons. The minimum Gasteiger partial charge on any atom is -0.399 e. The first-order valence-corrected chi connectivity index (χ1v) is 2.53. The number of hydrogen-bond donors (Lipinski definition) is 1. The lowest BCUT2D eigenvalue weighted by Crippen LogP contribution is -1.79. The number of hydrogen-bond acceptors (Lipinski definition) is 1. The molecule has 0 radical (unpaired) electrons. The molecule has 0 saturated heterocycles. The van der Waals surface area contributed by atoms with Crippen LogP contribution in [-0.2, 0) is 0 Å². The average molecular weight is 119 g/mol. The molecule has 0 unspecified atom stereocenters. The SMILES string of the molecule is C#C.Nc1ccccc1. The molecule has 0 aliphatic rings. The molecule has 0 aliphatic carbocycles. The summed E-state index contributed by atoms with van der Waals surface area (Å²) >= 11 is 0. The fraction of sp³-hybridized carbons (Fsp3) is 0. The van der Waals surface area contributed by atoms with Crippen LogP contribution in [0.25, 0.3) is 0 Å². The van der Waals surface area contributed by atoms with Crippen molar-refractivity contribution in [2.45, 2.75) is 0 Å². The van der Waals surface area contributed by atoms with Gasteiger partial charge in [-0.3, -0.25) is 0 Å². The van der Waals surface area contributed by atoms with Gasteiger partial charge in [-0.2, -0.15) is 0 Å². The number of terminal acetylenes is 1. The van der Waals surface area contributed by atoms with Crippen molar-refractivity contribution < 1.29 is 0 Å². The van der Waals surface area contributed by atoms with Crippen molar-refractivity contribution in [1.29, 1.82) is 0 Å². The van der Waals surface area contributed by atoms with Crippen LogP contribution in [0, 0.1) is 12.8 Å². The Bertz CT molecular complexity index is 164. The van der Waals surface area contributed by atoms with Crippen LogP contribution < -0.4 is 5.73 Å². The lowest BCUT2D eigenvalue weighted by molar-refractivity contribution is 1.69. The van der Waals surface area contributed by atoms with E-state index in [9.17, 15) is 0 Å². The van der Waals surface area contributed by atoms with Gasteiger partial charge in [0.1, 0.15) is 0 Å². The molecule has 1 nitrogen and oxygen atoms in total. The van der Waals surface area contributed by atoms with Gasteiger partial charge in [0.2, 0.25) is 0 Å². The van der Waals surface area contributed by atoms with Crippen LogP contribution in [0.5, 0.6) is 0 Å². The van der Waals surface area contributed by atoms with E-state index in [-0.39, 0.29) is 0 Å². The van der Waals surface area contributed by atoms with E-state index in [1.165, 1.54) is 0 Å². The number of nitrogen functional groups attached to an aromatic ring is 1. The number of nitrogens with two attached hydrogens (primary N) is 1. The van der Waals surface area contributed by atoms with Gasteiger partial charge >= 0.3 is 0 Å². The van der Waals surface area contributed by atoms with Crippen LogP contribution in [0.1, 0.15) is 0 Å². The van der Waals surface area contributed by atoms with Crippen molar-refractivity contribution in [1.82, 2.24) is 0 Å². The van der Waals surface area contributed by atoms with E-state index >= 15 is 0 Å². The van der Waals surface area contributed by atoms with Gasteiger partial charge in [-0.25, -0.2) is 0 Å². The molecule has 0 spiro atoms.